The molecular weight excluding hydrogens is 684 g/mol. The molecule has 2 aliphatic rings. The van der Waals surface area contributed by atoms with Crippen molar-refractivity contribution in [3.05, 3.63) is 112 Å². The number of hydrogen-bond donors (Lipinski definition) is 3. The molecule has 0 spiro atoms. The van der Waals surface area contributed by atoms with E-state index in [2.05, 4.69) is 39.7 Å². The van der Waals surface area contributed by atoms with Crippen molar-refractivity contribution in [1.29, 1.82) is 0 Å². The Morgan fingerprint density at radius 3 is 2.52 bits per heavy atom. The number of aryl methyl sites for hydroxylation is 2. The highest BCUT2D eigenvalue weighted by molar-refractivity contribution is 5.99. The highest BCUT2D eigenvalue weighted by Crippen LogP contribution is 2.34. The molecule has 2 aromatic heterocycles. The van der Waals surface area contributed by atoms with E-state index in [4.69, 9.17) is 15.5 Å². The van der Waals surface area contributed by atoms with Crippen molar-refractivity contribution in [3.8, 4) is 11.1 Å². The molecule has 2 fully saturated rings. The minimum atomic E-state index is -0.614. The number of halogens is 1. The number of ether oxygens (including phenoxy) is 1. The summed E-state index contributed by atoms with van der Waals surface area (Å²) < 4.78 is 23.2. The Bertz CT molecular complexity index is 2120. The number of benzene rings is 3. The lowest BCUT2D eigenvalue weighted by atomic mass is 9.99. The first-order valence-electron chi connectivity index (χ1n) is 19.0. The fourth-order valence-electron chi connectivity index (χ4n) is 7.54. The molecule has 0 atom stereocenters. The van der Waals surface area contributed by atoms with Gasteiger partial charge in [-0.1, -0.05) is 37.3 Å². The van der Waals surface area contributed by atoms with Crippen molar-refractivity contribution in [2.75, 3.05) is 44.7 Å². The van der Waals surface area contributed by atoms with Gasteiger partial charge in [0.15, 0.2) is 5.65 Å². The number of pyridine rings is 1. The highest BCUT2D eigenvalue weighted by Gasteiger charge is 2.26. The maximum absolute atomic E-state index is 15.7. The zero-order valence-electron chi connectivity index (χ0n) is 31.1. The number of aromatic nitrogens is 3. The van der Waals surface area contributed by atoms with E-state index >= 15 is 4.39 Å². The summed E-state index contributed by atoms with van der Waals surface area (Å²) in [5.41, 5.74) is 12.8. The van der Waals surface area contributed by atoms with Crippen LogP contribution in [0.4, 0.5) is 10.1 Å². The normalized spacial score (nSPS) is 15.4. The fraction of sp³-hybridized carbons (Fsp3) is 0.381. The number of nitrogens with one attached hydrogen (secondary N) is 2. The summed E-state index contributed by atoms with van der Waals surface area (Å²) in [7, 11) is 0. The molecule has 0 unspecified atom stereocenters. The van der Waals surface area contributed by atoms with E-state index in [1.54, 1.807) is 29.2 Å². The molecule has 0 radical (unpaired) electrons. The molecule has 0 saturated carbocycles. The van der Waals surface area contributed by atoms with Gasteiger partial charge in [0.05, 0.1) is 23.8 Å². The van der Waals surface area contributed by atoms with Crippen molar-refractivity contribution in [2.45, 2.75) is 65.3 Å². The van der Waals surface area contributed by atoms with Gasteiger partial charge in [-0.2, -0.15) is 5.10 Å². The Morgan fingerprint density at radius 2 is 1.76 bits per heavy atom. The lowest BCUT2D eigenvalue weighted by Gasteiger charge is -2.29. The first kappa shape index (κ1) is 37.2. The smallest absolute Gasteiger partial charge is 0.254 e. The number of primary amides is 1. The number of hydrogen-bond acceptors (Lipinski definition) is 8. The molecule has 2 amide bonds. The van der Waals surface area contributed by atoms with Crippen LogP contribution in [0.15, 0.2) is 72.9 Å². The first-order valence-corrected chi connectivity index (χ1v) is 19.0. The Hall–Kier alpha value is -5.17. The molecule has 3 aromatic carbocycles. The third-order valence-electron chi connectivity index (χ3n) is 10.5. The minimum Gasteiger partial charge on any atom is -0.381 e. The standard InChI is InChI=1S/C42H49FN8O3/c1-3-38-36(39(47-33-13-19-54-20-14-33)35-24-46-51(4-2)41(35)48-38)27-50(42(53)32-10-6-9-31(23-32)40(44)52)26-29-11-12-37(43)34(22-29)30-8-5-7-28(21-30)25-49-17-15-45-16-18-49/h5-12,21-24,33,45H,3-4,13-20,25-27H2,1-2H3,(H2,44,52)(H,47,48). The summed E-state index contributed by atoms with van der Waals surface area (Å²) in [5.74, 6) is -1.23. The van der Waals surface area contributed by atoms with Crippen LogP contribution in [0, 0.1) is 5.82 Å². The largest absolute Gasteiger partial charge is 0.381 e. The summed E-state index contributed by atoms with van der Waals surface area (Å²) in [5, 5.41) is 12.8. The van der Waals surface area contributed by atoms with Crippen LogP contribution in [-0.2, 0) is 37.3 Å². The van der Waals surface area contributed by atoms with Gasteiger partial charge in [-0.3, -0.25) is 14.5 Å². The molecule has 54 heavy (non-hydrogen) atoms. The lowest BCUT2D eigenvalue weighted by molar-refractivity contribution is 0.0729. The molecule has 4 N–H and O–H groups in total. The van der Waals surface area contributed by atoms with Crippen LogP contribution in [0.1, 0.15) is 69.8 Å². The van der Waals surface area contributed by atoms with Gasteiger partial charge in [-0.15, -0.1) is 0 Å². The molecule has 11 nitrogen and oxygen atoms in total. The molecule has 0 bridgehead atoms. The van der Waals surface area contributed by atoms with Crippen LogP contribution < -0.4 is 16.4 Å². The van der Waals surface area contributed by atoms with Gasteiger partial charge in [0.25, 0.3) is 5.91 Å². The summed E-state index contributed by atoms with van der Waals surface area (Å²) in [6.45, 7) is 11.1. The molecule has 282 valence electrons. The third kappa shape index (κ3) is 8.30. The van der Waals surface area contributed by atoms with Crippen molar-refractivity contribution in [3.63, 3.8) is 0 Å². The maximum Gasteiger partial charge on any atom is 0.254 e. The Morgan fingerprint density at radius 1 is 0.981 bits per heavy atom. The molecule has 12 heteroatoms. The number of rotatable bonds is 13. The van der Waals surface area contributed by atoms with E-state index in [0.29, 0.717) is 37.3 Å². The zero-order valence-corrected chi connectivity index (χ0v) is 31.1. The van der Waals surface area contributed by atoms with Crippen molar-refractivity contribution in [2.24, 2.45) is 5.73 Å². The Labute approximate surface area is 315 Å². The lowest BCUT2D eigenvalue weighted by Crippen LogP contribution is -2.42. The molecule has 7 rings (SSSR count). The summed E-state index contributed by atoms with van der Waals surface area (Å²) in [4.78, 5) is 36.0. The average Bonchev–Trinajstić information content (AvgIpc) is 3.62. The Kier molecular flexibility index (Phi) is 11.6. The number of anilines is 1. The maximum atomic E-state index is 15.7. The molecule has 0 aliphatic carbocycles. The quantitative estimate of drug-likeness (QED) is 0.140. The van der Waals surface area contributed by atoms with Crippen LogP contribution in [0.2, 0.25) is 0 Å². The first-order chi connectivity index (χ1) is 26.3. The van der Waals surface area contributed by atoms with Gasteiger partial charge in [0, 0.05) is 93.0 Å². The zero-order chi connectivity index (χ0) is 37.6. The summed E-state index contributed by atoms with van der Waals surface area (Å²) in [6.07, 6.45) is 4.18. The van der Waals surface area contributed by atoms with E-state index in [-0.39, 0.29) is 36.4 Å². The SMILES string of the molecule is CCc1nc2c(cnn2CC)c(NC2CCOCC2)c1CN(Cc1ccc(F)c(-c2cccc(CN3CCNCC3)c2)c1)C(=O)c1cccc(C(N)=O)c1. The summed E-state index contributed by atoms with van der Waals surface area (Å²) in [6, 6.07) is 19.8. The predicted octanol–water partition coefficient (Wildman–Crippen LogP) is 5.76. The predicted molar refractivity (Wildman–Crippen MR) is 209 cm³/mol. The van der Waals surface area contributed by atoms with Gasteiger partial charge >= 0.3 is 0 Å². The van der Waals surface area contributed by atoms with Crippen molar-refractivity contribution >= 4 is 28.5 Å². The van der Waals surface area contributed by atoms with Crippen molar-refractivity contribution in [1.82, 2.24) is 29.9 Å². The van der Waals surface area contributed by atoms with Gasteiger partial charge < -0.3 is 26.0 Å². The third-order valence-corrected chi connectivity index (χ3v) is 10.5. The number of carbonyl (C=O) groups is 2. The molecule has 2 saturated heterocycles. The van der Waals surface area contributed by atoms with Crippen LogP contribution in [0.25, 0.3) is 22.2 Å². The topological polar surface area (TPSA) is 131 Å². The molecular formula is C42H49FN8O3. The number of piperazine rings is 1. The van der Waals surface area contributed by atoms with Crippen molar-refractivity contribution < 1.29 is 18.7 Å². The van der Waals surface area contributed by atoms with Gasteiger partial charge in [0.1, 0.15) is 5.82 Å². The number of nitrogens with zero attached hydrogens (tertiary/aromatic N) is 5. The van der Waals surface area contributed by atoms with E-state index < -0.39 is 5.91 Å². The minimum absolute atomic E-state index is 0.177. The second-order valence-electron chi connectivity index (χ2n) is 14.1. The van der Waals surface area contributed by atoms with Crippen LogP contribution >= 0.6 is 0 Å². The fourth-order valence-corrected chi connectivity index (χ4v) is 7.54. The number of amides is 2. The van der Waals surface area contributed by atoms with E-state index in [0.717, 1.165) is 90.2 Å². The molecule has 4 heterocycles. The van der Waals surface area contributed by atoms with E-state index in [1.165, 1.54) is 12.1 Å². The molecule has 2 aliphatic heterocycles. The van der Waals surface area contributed by atoms with Gasteiger partial charge in [-0.25, -0.2) is 14.1 Å². The number of nitrogens with two attached hydrogens (primary N) is 1. The van der Waals surface area contributed by atoms with Crippen LogP contribution in [0.3, 0.4) is 0 Å². The van der Waals surface area contributed by atoms with Crippen LogP contribution in [0.5, 0.6) is 0 Å². The van der Waals surface area contributed by atoms with E-state index in [9.17, 15) is 9.59 Å². The average molecular weight is 733 g/mol. The molecule has 5 aromatic rings. The Balaban J connectivity index is 1.28. The van der Waals surface area contributed by atoms with Gasteiger partial charge in [-0.05, 0) is 79.3 Å². The van der Waals surface area contributed by atoms with Crippen LogP contribution in [-0.4, -0.2) is 81.8 Å². The number of carbonyl (C=O) groups excluding carboxylic acids is 2. The second-order valence-corrected chi connectivity index (χ2v) is 14.1. The van der Waals surface area contributed by atoms with E-state index in [1.807, 2.05) is 36.0 Å². The van der Waals surface area contributed by atoms with Gasteiger partial charge in [0.2, 0.25) is 5.91 Å². The highest BCUT2D eigenvalue weighted by atomic mass is 19.1. The number of fused-ring (bicyclic) bond motifs is 1. The monoisotopic (exact) mass is 732 g/mol. The summed E-state index contributed by atoms with van der Waals surface area (Å²) >= 11 is 0. The second kappa shape index (κ2) is 16.9.